The number of aliphatic carboxylic acids is 1. The minimum absolute atomic E-state index is 0.00323. The highest BCUT2D eigenvalue weighted by molar-refractivity contribution is 5.94. The largest absolute Gasteiger partial charge is 0.508 e. The fourth-order valence-electron chi connectivity index (χ4n) is 4.29. The molecular weight excluding hydrogens is 570 g/mol. The molecule has 44 heavy (non-hydrogen) atoms. The number of hydrogen-bond acceptors (Lipinski definition) is 8. The van der Waals surface area contributed by atoms with Crippen LogP contribution in [-0.2, 0) is 32.0 Å². The van der Waals surface area contributed by atoms with Gasteiger partial charge in [0, 0.05) is 19.4 Å². The first kappa shape index (κ1) is 35.3. The van der Waals surface area contributed by atoms with Crippen molar-refractivity contribution < 1.29 is 34.5 Å². The molecule has 2 aromatic rings. The third kappa shape index (κ3) is 11.8. The lowest BCUT2D eigenvalue weighted by Gasteiger charge is -2.27. The number of aromatic hydroxyl groups is 2. The van der Waals surface area contributed by atoms with Crippen molar-refractivity contribution in [1.29, 1.82) is 0 Å². The Morgan fingerprint density at radius 3 is 1.68 bits per heavy atom. The van der Waals surface area contributed by atoms with E-state index in [1.165, 1.54) is 24.3 Å². The summed E-state index contributed by atoms with van der Waals surface area (Å²) in [6.45, 7) is 3.75. The first-order chi connectivity index (χ1) is 20.8. The van der Waals surface area contributed by atoms with Crippen molar-refractivity contribution in [2.24, 2.45) is 28.1 Å². The summed E-state index contributed by atoms with van der Waals surface area (Å²) in [5.41, 5.74) is 17.9. The highest BCUT2D eigenvalue weighted by Gasteiger charge is 2.32. The van der Waals surface area contributed by atoms with Crippen molar-refractivity contribution in [2.75, 3.05) is 6.54 Å². The Hall–Kier alpha value is -4.85. The molecule has 14 heteroatoms. The fourth-order valence-corrected chi connectivity index (χ4v) is 4.29. The van der Waals surface area contributed by atoms with Gasteiger partial charge in [-0.05, 0) is 54.2 Å². The highest BCUT2D eigenvalue weighted by atomic mass is 16.4. The predicted molar refractivity (Wildman–Crippen MR) is 164 cm³/mol. The maximum absolute atomic E-state index is 13.7. The average molecular weight is 614 g/mol. The quantitative estimate of drug-likeness (QED) is 0.0647. The van der Waals surface area contributed by atoms with Gasteiger partial charge < -0.3 is 48.5 Å². The van der Waals surface area contributed by atoms with E-state index in [4.69, 9.17) is 17.2 Å². The molecule has 0 saturated heterocycles. The average Bonchev–Trinajstić information content (AvgIpc) is 2.98. The van der Waals surface area contributed by atoms with Gasteiger partial charge >= 0.3 is 5.97 Å². The van der Waals surface area contributed by atoms with Gasteiger partial charge in [-0.1, -0.05) is 44.5 Å². The van der Waals surface area contributed by atoms with E-state index in [2.05, 4.69) is 20.9 Å². The van der Waals surface area contributed by atoms with Crippen LogP contribution in [-0.4, -0.2) is 75.7 Å². The van der Waals surface area contributed by atoms with E-state index in [-0.39, 0.29) is 43.3 Å². The Morgan fingerprint density at radius 2 is 1.25 bits per heavy atom. The van der Waals surface area contributed by atoms with E-state index in [1.807, 2.05) is 0 Å². The number of carbonyl (C=O) groups is 4. The lowest BCUT2D eigenvalue weighted by molar-refractivity contribution is -0.143. The molecule has 5 unspecified atom stereocenters. The van der Waals surface area contributed by atoms with E-state index < -0.39 is 53.8 Å². The molecule has 5 atom stereocenters. The zero-order valence-corrected chi connectivity index (χ0v) is 24.9. The Labute approximate surface area is 256 Å². The number of nitrogens with one attached hydrogen (secondary N) is 3. The fraction of sp³-hybridized carbons (Fsp3) is 0.433. The maximum Gasteiger partial charge on any atom is 0.326 e. The molecule has 0 aliphatic rings. The van der Waals surface area contributed by atoms with Crippen LogP contribution in [0.15, 0.2) is 53.5 Å². The van der Waals surface area contributed by atoms with Crippen molar-refractivity contribution in [3.05, 3.63) is 59.7 Å². The van der Waals surface area contributed by atoms with E-state index in [0.29, 0.717) is 24.0 Å². The SMILES string of the molecule is CCC(C)C(NC(=O)C(Cc1ccc(O)cc1)NC(=O)C(Cc1ccc(O)cc1)NC(=O)C(N)CCCN=C(N)N)C(=O)O. The predicted octanol–water partition coefficient (Wildman–Crippen LogP) is -0.151. The minimum atomic E-state index is -1.23. The third-order valence-corrected chi connectivity index (χ3v) is 7.10. The van der Waals surface area contributed by atoms with Gasteiger partial charge in [-0.3, -0.25) is 19.4 Å². The molecule has 0 aliphatic carbocycles. The van der Waals surface area contributed by atoms with Crippen molar-refractivity contribution in [1.82, 2.24) is 16.0 Å². The van der Waals surface area contributed by atoms with Gasteiger partial charge in [-0.25, -0.2) is 4.79 Å². The number of carboxylic acids is 1. The number of phenols is 2. The summed E-state index contributed by atoms with van der Waals surface area (Å²) in [5, 5.41) is 36.9. The molecule has 2 rings (SSSR count). The standard InChI is InChI=1S/C30H43N7O7/c1-3-17(2)25(29(43)44)37-28(42)24(16-19-8-12-21(39)13-9-19)36-27(41)23(15-18-6-10-20(38)11-7-18)35-26(40)22(31)5-4-14-34-30(32)33/h6-13,17,22-25,38-39H,3-5,14-16,31H2,1-2H3,(H,35,40)(H,36,41)(H,37,42)(H,43,44)(H4,32,33,34). The maximum atomic E-state index is 13.7. The van der Waals surface area contributed by atoms with E-state index in [0.717, 1.165) is 0 Å². The molecule has 0 saturated carbocycles. The number of guanidine groups is 1. The number of carbonyl (C=O) groups excluding carboxylic acids is 3. The smallest absolute Gasteiger partial charge is 0.326 e. The van der Waals surface area contributed by atoms with Gasteiger partial charge in [0.25, 0.3) is 0 Å². The van der Waals surface area contributed by atoms with Crippen molar-refractivity contribution >= 4 is 29.7 Å². The van der Waals surface area contributed by atoms with E-state index in [9.17, 15) is 34.5 Å². The molecule has 0 spiro atoms. The topological polar surface area (TPSA) is 255 Å². The van der Waals surface area contributed by atoms with Crippen LogP contribution in [0, 0.1) is 5.92 Å². The van der Waals surface area contributed by atoms with Gasteiger partial charge in [0.15, 0.2) is 5.96 Å². The van der Waals surface area contributed by atoms with Crippen LogP contribution in [0.2, 0.25) is 0 Å². The van der Waals surface area contributed by atoms with Crippen LogP contribution in [0.5, 0.6) is 11.5 Å². The first-order valence-electron chi connectivity index (χ1n) is 14.3. The van der Waals surface area contributed by atoms with Crippen LogP contribution in [0.4, 0.5) is 0 Å². The summed E-state index contributed by atoms with van der Waals surface area (Å²) < 4.78 is 0. The number of nitrogens with two attached hydrogens (primary N) is 3. The lowest BCUT2D eigenvalue weighted by atomic mass is 9.97. The van der Waals surface area contributed by atoms with Crippen molar-refractivity contribution in [2.45, 2.75) is 70.1 Å². The number of carboxylic acid groups (broad SMARTS) is 1. The normalized spacial score (nSPS) is 14.2. The number of phenolic OH excluding ortho intramolecular Hbond substituents is 2. The van der Waals surface area contributed by atoms with Gasteiger partial charge in [0.2, 0.25) is 17.7 Å². The van der Waals surface area contributed by atoms with Crippen LogP contribution in [0.1, 0.15) is 44.2 Å². The lowest BCUT2D eigenvalue weighted by Crippen LogP contribution is -2.58. The summed E-state index contributed by atoms with van der Waals surface area (Å²) >= 11 is 0. The number of amides is 3. The van der Waals surface area contributed by atoms with Gasteiger partial charge in [0.05, 0.1) is 6.04 Å². The van der Waals surface area contributed by atoms with Crippen molar-refractivity contribution in [3.8, 4) is 11.5 Å². The van der Waals surface area contributed by atoms with E-state index >= 15 is 0 Å². The zero-order valence-electron chi connectivity index (χ0n) is 24.9. The number of benzene rings is 2. The summed E-state index contributed by atoms with van der Waals surface area (Å²) in [5.74, 6) is -3.73. The summed E-state index contributed by atoms with van der Waals surface area (Å²) in [4.78, 5) is 55.9. The van der Waals surface area contributed by atoms with Gasteiger partial charge in [-0.2, -0.15) is 0 Å². The number of nitrogens with zero attached hydrogens (tertiary/aromatic N) is 1. The zero-order chi connectivity index (χ0) is 32.8. The minimum Gasteiger partial charge on any atom is -0.508 e. The molecule has 0 fully saturated rings. The van der Waals surface area contributed by atoms with Crippen LogP contribution in [0.3, 0.4) is 0 Å². The number of aliphatic imine (C=N–C) groups is 1. The third-order valence-electron chi connectivity index (χ3n) is 7.10. The van der Waals surface area contributed by atoms with Crippen LogP contribution >= 0.6 is 0 Å². The van der Waals surface area contributed by atoms with E-state index in [1.54, 1.807) is 38.1 Å². The molecule has 0 radical (unpaired) electrons. The van der Waals surface area contributed by atoms with Crippen LogP contribution < -0.4 is 33.2 Å². The second-order valence-electron chi connectivity index (χ2n) is 10.6. The van der Waals surface area contributed by atoms with Gasteiger partial charge in [0.1, 0.15) is 29.6 Å². The summed E-state index contributed by atoms with van der Waals surface area (Å²) in [6.07, 6.45) is 1.09. The molecule has 3 amide bonds. The second kappa shape index (κ2) is 17.3. The molecule has 240 valence electrons. The molecular formula is C30H43N7O7. The summed E-state index contributed by atoms with van der Waals surface area (Å²) in [6, 6.07) is 7.43. The Morgan fingerprint density at radius 1 is 0.795 bits per heavy atom. The first-order valence-corrected chi connectivity index (χ1v) is 14.3. The number of hydrogen-bond donors (Lipinski definition) is 9. The molecule has 14 nitrogen and oxygen atoms in total. The monoisotopic (exact) mass is 613 g/mol. The summed E-state index contributed by atoms with van der Waals surface area (Å²) in [7, 11) is 0. The molecule has 0 heterocycles. The molecule has 0 aliphatic heterocycles. The Balaban J connectivity index is 2.31. The molecule has 2 aromatic carbocycles. The second-order valence-corrected chi connectivity index (χ2v) is 10.6. The van der Waals surface area contributed by atoms with Gasteiger partial charge in [-0.15, -0.1) is 0 Å². The Kier molecular flexibility index (Phi) is 13.9. The molecule has 0 bridgehead atoms. The Bertz CT molecular complexity index is 1280. The highest BCUT2D eigenvalue weighted by Crippen LogP contribution is 2.15. The van der Waals surface area contributed by atoms with Crippen LogP contribution in [0.25, 0.3) is 0 Å². The van der Waals surface area contributed by atoms with Crippen molar-refractivity contribution in [3.63, 3.8) is 0 Å². The molecule has 12 N–H and O–H groups in total. The molecule has 0 aromatic heterocycles. The number of rotatable bonds is 17.